The zero-order valence-corrected chi connectivity index (χ0v) is 23.7. The van der Waals surface area contributed by atoms with Gasteiger partial charge in [-0.15, -0.1) is 0 Å². The highest BCUT2D eigenvalue weighted by molar-refractivity contribution is 9.09. The molecule has 202 valence electrons. The van der Waals surface area contributed by atoms with Crippen LogP contribution in [0.25, 0.3) is 0 Å². The Labute approximate surface area is 233 Å². The molecule has 0 saturated heterocycles. The first-order valence-electron chi connectivity index (χ1n) is 12.8. The van der Waals surface area contributed by atoms with E-state index in [4.69, 9.17) is 10.5 Å². The summed E-state index contributed by atoms with van der Waals surface area (Å²) in [5.74, 6) is 0. The Balaban J connectivity index is 1.71. The van der Waals surface area contributed by atoms with E-state index < -0.39 is 22.1 Å². The third-order valence-corrected chi connectivity index (χ3v) is 8.97. The van der Waals surface area contributed by atoms with E-state index in [9.17, 15) is 0 Å². The van der Waals surface area contributed by atoms with Crippen LogP contribution in [0.2, 0.25) is 0 Å². The predicted molar refractivity (Wildman–Crippen MR) is 154 cm³/mol. The number of rotatable bonds is 11. The summed E-state index contributed by atoms with van der Waals surface area (Å²) >= 11 is 3.68. The molecule has 0 aromatic heterocycles. The van der Waals surface area contributed by atoms with Crippen LogP contribution in [0, 0.1) is 0 Å². The summed E-state index contributed by atoms with van der Waals surface area (Å²) in [6.45, 7) is 4.95. The number of alkyl halides is 2. The molecule has 6 nitrogen and oxygen atoms in total. The normalized spacial score (nSPS) is 25.5. The quantitative estimate of drug-likeness (QED) is 0.190. The van der Waals surface area contributed by atoms with Crippen molar-refractivity contribution in [2.75, 3.05) is 7.11 Å². The summed E-state index contributed by atoms with van der Waals surface area (Å²) in [7, 11) is 1.60. The van der Waals surface area contributed by atoms with Crippen molar-refractivity contribution in [1.82, 2.24) is 21.3 Å². The average Bonchev–Trinajstić information content (AvgIpc) is 2.94. The van der Waals surface area contributed by atoms with Gasteiger partial charge in [0, 0.05) is 26.7 Å². The molecule has 0 spiro atoms. The lowest BCUT2D eigenvalue weighted by atomic mass is 9.75. The molecule has 3 aromatic carbocycles. The lowest BCUT2D eigenvalue weighted by molar-refractivity contribution is -0.112. The van der Waals surface area contributed by atoms with Crippen LogP contribution in [-0.2, 0) is 24.4 Å². The van der Waals surface area contributed by atoms with E-state index in [0.29, 0.717) is 31.0 Å². The van der Waals surface area contributed by atoms with Gasteiger partial charge >= 0.3 is 0 Å². The molecule has 0 amide bonds. The first-order valence-corrected chi connectivity index (χ1v) is 13.7. The van der Waals surface area contributed by atoms with Gasteiger partial charge in [0.25, 0.3) is 0 Å². The van der Waals surface area contributed by atoms with Crippen molar-refractivity contribution < 1.29 is 9.13 Å². The molecule has 4 atom stereocenters. The minimum atomic E-state index is -1.81. The second-order valence-electron chi connectivity index (χ2n) is 9.91. The van der Waals surface area contributed by atoms with Gasteiger partial charge in [-0.05, 0) is 30.5 Å². The second kappa shape index (κ2) is 12.4. The molecule has 0 heterocycles. The van der Waals surface area contributed by atoms with E-state index >= 15 is 4.39 Å². The van der Waals surface area contributed by atoms with Crippen molar-refractivity contribution in [3.8, 4) is 0 Å². The fourth-order valence-electron chi connectivity index (χ4n) is 4.99. The van der Waals surface area contributed by atoms with Crippen molar-refractivity contribution in [2.45, 2.75) is 55.6 Å². The Kier molecular flexibility index (Phi) is 9.23. The van der Waals surface area contributed by atoms with Gasteiger partial charge in [0.1, 0.15) is 11.6 Å². The van der Waals surface area contributed by atoms with E-state index in [0.717, 1.165) is 16.7 Å². The molecule has 1 aliphatic carbocycles. The summed E-state index contributed by atoms with van der Waals surface area (Å²) < 4.78 is 22.6. The molecule has 4 rings (SSSR count). The lowest BCUT2D eigenvalue weighted by Gasteiger charge is -2.53. The van der Waals surface area contributed by atoms with Crippen molar-refractivity contribution in [3.63, 3.8) is 0 Å². The van der Waals surface area contributed by atoms with Crippen LogP contribution in [0.5, 0.6) is 0 Å². The van der Waals surface area contributed by atoms with Gasteiger partial charge in [0.15, 0.2) is 5.67 Å². The number of nitrogens with zero attached hydrogens (tertiary/aromatic N) is 1. The SMILES string of the molecule is COC1(C)C(N(NCc2ccccc2)NCc2ccccc2)C(N)=C(NCc2ccccc2)C(C)(F)C1Br. The summed E-state index contributed by atoms with van der Waals surface area (Å²) in [5.41, 5.74) is 15.0. The summed E-state index contributed by atoms with van der Waals surface area (Å²) in [4.78, 5) is -0.706. The predicted octanol–water partition coefficient (Wildman–Crippen LogP) is 4.94. The van der Waals surface area contributed by atoms with Gasteiger partial charge < -0.3 is 15.8 Å². The molecule has 5 N–H and O–H groups in total. The van der Waals surface area contributed by atoms with E-state index in [1.807, 2.05) is 78.8 Å². The standard InChI is InChI=1S/C30H37BrFN5O/c1-29(32)26(34-19-22-13-7-4-8-14-22)25(33)27(30(2,38-3)28(29)31)37(35-20-23-15-9-5-10-16-23)36-21-24-17-11-6-12-18-24/h4-18,27-28,34-36H,19-21,33H2,1-3H3. The zero-order chi connectivity index (χ0) is 27.2. The van der Waals surface area contributed by atoms with Crippen molar-refractivity contribution in [2.24, 2.45) is 5.73 Å². The highest BCUT2D eigenvalue weighted by Crippen LogP contribution is 2.46. The molecule has 3 aromatic rings. The highest BCUT2D eigenvalue weighted by Gasteiger charge is 2.59. The Hall–Kier alpha value is -2.75. The number of ether oxygens (including phenoxy) is 1. The third kappa shape index (κ3) is 6.11. The van der Waals surface area contributed by atoms with Crippen LogP contribution >= 0.6 is 15.9 Å². The minimum absolute atomic E-state index is 0.343. The summed E-state index contributed by atoms with van der Waals surface area (Å²) in [6.07, 6.45) is 0. The number of methoxy groups -OCH3 is 1. The molecular formula is C30H37BrFN5O. The monoisotopic (exact) mass is 581 g/mol. The molecule has 0 radical (unpaired) electrons. The van der Waals surface area contributed by atoms with Gasteiger partial charge in [0.05, 0.1) is 16.2 Å². The van der Waals surface area contributed by atoms with Crippen LogP contribution in [0.3, 0.4) is 0 Å². The molecule has 38 heavy (non-hydrogen) atoms. The van der Waals surface area contributed by atoms with Crippen molar-refractivity contribution in [3.05, 3.63) is 119 Å². The highest BCUT2D eigenvalue weighted by atomic mass is 79.9. The summed E-state index contributed by atoms with van der Waals surface area (Å²) in [6, 6.07) is 29.5. The van der Waals surface area contributed by atoms with E-state index in [2.05, 4.69) is 56.4 Å². The molecule has 1 aliphatic rings. The van der Waals surface area contributed by atoms with Crippen molar-refractivity contribution in [1.29, 1.82) is 0 Å². The number of hydrazine groups is 2. The number of nitrogens with one attached hydrogen (secondary N) is 3. The van der Waals surface area contributed by atoms with Crippen LogP contribution in [0.1, 0.15) is 30.5 Å². The largest absolute Gasteiger partial charge is 0.399 e. The molecular weight excluding hydrogens is 545 g/mol. The van der Waals surface area contributed by atoms with Crippen LogP contribution < -0.4 is 21.9 Å². The lowest BCUT2D eigenvalue weighted by Crippen LogP contribution is -2.72. The van der Waals surface area contributed by atoms with Crippen LogP contribution in [0.15, 0.2) is 102 Å². The topological polar surface area (TPSA) is 74.6 Å². The number of nitrogens with two attached hydrogens (primary N) is 1. The number of benzene rings is 3. The summed E-state index contributed by atoms with van der Waals surface area (Å²) in [5, 5.41) is 5.18. The Morgan fingerprint density at radius 3 is 1.66 bits per heavy atom. The maximum Gasteiger partial charge on any atom is 0.164 e. The molecule has 0 bridgehead atoms. The molecule has 4 unspecified atom stereocenters. The zero-order valence-electron chi connectivity index (χ0n) is 22.1. The second-order valence-corrected chi connectivity index (χ2v) is 10.8. The van der Waals surface area contributed by atoms with E-state index in [-0.39, 0.29) is 0 Å². The van der Waals surface area contributed by atoms with Gasteiger partial charge in [-0.2, -0.15) is 5.12 Å². The smallest absolute Gasteiger partial charge is 0.164 e. The Morgan fingerprint density at radius 1 is 0.816 bits per heavy atom. The van der Waals surface area contributed by atoms with Gasteiger partial charge in [-0.3, -0.25) is 0 Å². The first kappa shape index (κ1) is 28.3. The number of hydrogen-bond donors (Lipinski definition) is 4. The maximum absolute atomic E-state index is 16.5. The van der Waals surface area contributed by atoms with E-state index in [1.54, 1.807) is 14.0 Å². The van der Waals surface area contributed by atoms with Gasteiger partial charge in [-0.25, -0.2) is 15.2 Å². The minimum Gasteiger partial charge on any atom is -0.399 e. The Bertz CT molecular complexity index is 1150. The molecule has 0 saturated carbocycles. The first-order chi connectivity index (χ1) is 18.3. The maximum atomic E-state index is 16.5. The van der Waals surface area contributed by atoms with Crippen LogP contribution in [0.4, 0.5) is 4.39 Å². The van der Waals surface area contributed by atoms with Crippen LogP contribution in [-0.4, -0.2) is 34.4 Å². The number of halogens is 2. The fourth-order valence-corrected chi connectivity index (χ4v) is 5.65. The average molecular weight is 583 g/mol. The third-order valence-electron chi connectivity index (χ3n) is 7.20. The Morgan fingerprint density at radius 2 is 1.24 bits per heavy atom. The molecule has 0 aliphatic heterocycles. The fraction of sp³-hybridized carbons (Fsp3) is 0.333. The molecule has 0 fully saturated rings. The van der Waals surface area contributed by atoms with E-state index in [1.165, 1.54) is 0 Å². The van der Waals surface area contributed by atoms with Gasteiger partial charge in [0.2, 0.25) is 0 Å². The molecule has 8 heteroatoms. The van der Waals surface area contributed by atoms with Gasteiger partial charge in [-0.1, -0.05) is 107 Å². The number of hydrogen-bond acceptors (Lipinski definition) is 6. The number of allylic oxidation sites excluding steroid dienone is 1. The van der Waals surface area contributed by atoms with Crippen molar-refractivity contribution >= 4 is 15.9 Å².